The number of benzene rings is 2. The number of carbonyl (C=O) groups excluding carboxylic acids is 2. The van der Waals surface area contributed by atoms with Crippen molar-refractivity contribution in [2.24, 2.45) is 5.92 Å². The lowest BCUT2D eigenvalue weighted by molar-refractivity contribution is -0.119. The lowest BCUT2D eigenvalue weighted by Gasteiger charge is -2.28. The normalized spacial score (nSPS) is 16.1. The second-order valence-electron chi connectivity index (χ2n) is 7.13. The predicted octanol–water partition coefficient (Wildman–Crippen LogP) is 3.70. The van der Waals surface area contributed by atoms with Gasteiger partial charge in [0, 0.05) is 11.6 Å². The van der Waals surface area contributed by atoms with Crippen LogP contribution in [0.2, 0.25) is 0 Å². The number of Topliss-reactive ketones (excluding diaryl/α,β-unsaturated/α-hetero) is 1. The number of amides is 1. The zero-order chi connectivity index (χ0) is 22.0. The van der Waals surface area contributed by atoms with Gasteiger partial charge in [-0.3, -0.25) is 14.5 Å². The van der Waals surface area contributed by atoms with E-state index < -0.39 is 23.6 Å². The Morgan fingerprint density at radius 3 is 2.27 bits per heavy atom. The van der Waals surface area contributed by atoms with Crippen LogP contribution in [0, 0.1) is 17.2 Å². The zero-order valence-corrected chi connectivity index (χ0v) is 17.2. The van der Waals surface area contributed by atoms with Crippen molar-refractivity contribution in [3.8, 4) is 17.6 Å². The molecule has 0 aliphatic carbocycles. The molecule has 0 saturated heterocycles. The molecule has 7 nitrogen and oxygen atoms in total. The lowest BCUT2D eigenvalue weighted by atomic mass is 9.91. The molecule has 154 valence electrons. The minimum Gasteiger partial charge on any atom is -0.503 e. The smallest absolute Gasteiger partial charge is 0.294 e. The van der Waals surface area contributed by atoms with Crippen LogP contribution in [0.4, 0.5) is 5.69 Å². The Hall–Kier alpha value is -3.79. The van der Waals surface area contributed by atoms with Crippen LogP contribution < -0.4 is 14.4 Å². The van der Waals surface area contributed by atoms with Crippen LogP contribution >= 0.6 is 0 Å². The van der Waals surface area contributed by atoms with Crippen LogP contribution in [0.5, 0.6) is 11.5 Å². The van der Waals surface area contributed by atoms with Crippen LogP contribution in [-0.2, 0) is 9.59 Å². The van der Waals surface area contributed by atoms with Crippen molar-refractivity contribution in [1.82, 2.24) is 0 Å². The third kappa shape index (κ3) is 3.48. The van der Waals surface area contributed by atoms with Gasteiger partial charge in [0.2, 0.25) is 0 Å². The van der Waals surface area contributed by atoms with Crippen LogP contribution in [0.25, 0.3) is 0 Å². The fourth-order valence-electron chi connectivity index (χ4n) is 3.47. The summed E-state index contributed by atoms with van der Waals surface area (Å²) < 4.78 is 10.7. The second kappa shape index (κ2) is 8.29. The van der Waals surface area contributed by atoms with E-state index in [0.29, 0.717) is 28.3 Å². The van der Waals surface area contributed by atoms with Gasteiger partial charge in [0.25, 0.3) is 5.91 Å². The molecule has 2 aromatic carbocycles. The number of aliphatic hydroxyl groups excluding tert-OH is 1. The highest BCUT2D eigenvalue weighted by atomic mass is 16.5. The topological polar surface area (TPSA) is 99.9 Å². The molecule has 7 heteroatoms. The van der Waals surface area contributed by atoms with Crippen molar-refractivity contribution in [2.75, 3.05) is 19.1 Å². The monoisotopic (exact) mass is 406 g/mol. The zero-order valence-electron chi connectivity index (χ0n) is 17.2. The molecule has 1 aliphatic rings. The SMILES string of the molecule is COc1ccc(C2C(C(=O)C(C)C)=C(O)C(=O)N2c2ccc(C#N)cc2)cc1OC. The minimum absolute atomic E-state index is 0.0339. The van der Waals surface area contributed by atoms with E-state index in [4.69, 9.17) is 14.7 Å². The molecule has 0 spiro atoms. The molecule has 1 heterocycles. The molecule has 1 aliphatic heterocycles. The molecule has 0 aromatic heterocycles. The molecule has 1 N–H and O–H groups in total. The molecule has 0 radical (unpaired) electrons. The van der Waals surface area contributed by atoms with Crippen molar-refractivity contribution in [3.05, 3.63) is 64.9 Å². The molecular weight excluding hydrogens is 384 g/mol. The van der Waals surface area contributed by atoms with E-state index in [1.165, 1.54) is 19.1 Å². The average Bonchev–Trinajstić information content (AvgIpc) is 3.03. The van der Waals surface area contributed by atoms with E-state index in [1.54, 1.807) is 56.3 Å². The molecule has 1 unspecified atom stereocenters. The quantitative estimate of drug-likeness (QED) is 0.785. The fraction of sp³-hybridized carbons (Fsp3) is 0.261. The molecule has 1 amide bonds. The summed E-state index contributed by atoms with van der Waals surface area (Å²) in [4.78, 5) is 27.3. The largest absolute Gasteiger partial charge is 0.503 e. The molecule has 30 heavy (non-hydrogen) atoms. The van der Waals surface area contributed by atoms with Gasteiger partial charge in [0.15, 0.2) is 23.0 Å². The molecule has 2 aromatic rings. The van der Waals surface area contributed by atoms with Gasteiger partial charge in [0.05, 0.1) is 37.5 Å². The van der Waals surface area contributed by atoms with Crippen LogP contribution in [0.15, 0.2) is 53.8 Å². The van der Waals surface area contributed by atoms with Crippen molar-refractivity contribution in [1.29, 1.82) is 5.26 Å². The van der Waals surface area contributed by atoms with Crippen molar-refractivity contribution in [2.45, 2.75) is 19.9 Å². The van der Waals surface area contributed by atoms with Gasteiger partial charge in [0.1, 0.15) is 0 Å². The number of ketones is 1. The van der Waals surface area contributed by atoms with E-state index in [1.807, 2.05) is 6.07 Å². The number of nitrogens with zero attached hydrogens (tertiary/aromatic N) is 2. The van der Waals surface area contributed by atoms with Crippen LogP contribution in [0.1, 0.15) is 31.0 Å². The Labute approximate surface area is 174 Å². The standard InChI is InChI=1S/C23H22N2O5/c1-13(2)21(26)19-20(15-7-10-17(29-3)18(11-15)30-4)25(23(28)22(19)27)16-8-5-14(12-24)6-9-16/h5-11,13,20,27H,1-4H3. The minimum atomic E-state index is -0.847. The van der Waals surface area contributed by atoms with E-state index in [9.17, 15) is 14.7 Å². The van der Waals surface area contributed by atoms with Crippen molar-refractivity contribution in [3.63, 3.8) is 0 Å². The Morgan fingerprint density at radius 1 is 1.10 bits per heavy atom. The molecule has 0 fully saturated rings. The first kappa shape index (κ1) is 20.9. The summed E-state index contributed by atoms with van der Waals surface area (Å²) in [5.41, 5.74) is 1.51. The Kier molecular flexibility index (Phi) is 5.79. The lowest BCUT2D eigenvalue weighted by Crippen LogP contribution is -2.31. The van der Waals surface area contributed by atoms with Gasteiger partial charge >= 0.3 is 0 Å². The van der Waals surface area contributed by atoms with Gasteiger partial charge < -0.3 is 14.6 Å². The fourth-order valence-corrected chi connectivity index (χ4v) is 3.47. The number of methoxy groups -OCH3 is 2. The second-order valence-corrected chi connectivity index (χ2v) is 7.13. The van der Waals surface area contributed by atoms with E-state index in [0.717, 1.165) is 0 Å². The molecular formula is C23H22N2O5. The Morgan fingerprint density at radius 2 is 1.73 bits per heavy atom. The molecule has 0 bridgehead atoms. The predicted molar refractivity (Wildman–Crippen MR) is 110 cm³/mol. The first-order valence-corrected chi connectivity index (χ1v) is 9.37. The van der Waals surface area contributed by atoms with Crippen LogP contribution in [0.3, 0.4) is 0 Å². The first-order valence-electron chi connectivity index (χ1n) is 9.37. The highest BCUT2D eigenvalue weighted by Gasteiger charge is 2.45. The molecule has 1 atom stereocenters. The highest BCUT2D eigenvalue weighted by Crippen LogP contribution is 2.43. The summed E-state index contributed by atoms with van der Waals surface area (Å²) in [6.45, 7) is 3.42. The number of nitriles is 1. The number of hydrogen-bond donors (Lipinski definition) is 1. The van der Waals surface area contributed by atoms with Crippen LogP contribution in [-0.4, -0.2) is 31.0 Å². The van der Waals surface area contributed by atoms with Gasteiger partial charge in [-0.05, 0) is 42.0 Å². The highest BCUT2D eigenvalue weighted by molar-refractivity contribution is 6.16. The van der Waals surface area contributed by atoms with Gasteiger partial charge in [-0.15, -0.1) is 0 Å². The summed E-state index contributed by atoms with van der Waals surface area (Å²) in [5.74, 6) is -1.05. The number of ether oxygens (including phenoxy) is 2. The number of rotatable bonds is 6. The summed E-state index contributed by atoms with van der Waals surface area (Å²) >= 11 is 0. The Balaban J connectivity index is 2.20. The maximum absolute atomic E-state index is 13.0. The molecule has 3 rings (SSSR count). The van der Waals surface area contributed by atoms with E-state index in [-0.39, 0.29) is 11.4 Å². The van der Waals surface area contributed by atoms with E-state index in [2.05, 4.69) is 0 Å². The number of anilines is 1. The van der Waals surface area contributed by atoms with Gasteiger partial charge in [-0.1, -0.05) is 19.9 Å². The average molecular weight is 406 g/mol. The summed E-state index contributed by atoms with van der Waals surface area (Å²) in [6.07, 6.45) is 0. The maximum Gasteiger partial charge on any atom is 0.294 e. The maximum atomic E-state index is 13.0. The van der Waals surface area contributed by atoms with Crippen molar-refractivity contribution >= 4 is 17.4 Å². The summed E-state index contributed by atoms with van der Waals surface area (Å²) in [7, 11) is 3.01. The van der Waals surface area contributed by atoms with Gasteiger partial charge in [-0.25, -0.2) is 0 Å². The third-order valence-electron chi connectivity index (χ3n) is 5.00. The number of hydrogen-bond acceptors (Lipinski definition) is 6. The number of aliphatic hydroxyl groups is 1. The number of carbonyl (C=O) groups is 2. The third-order valence-corrected chi connectivity index (χ3v) is 5.00. The summed E-state index contributed by atoms with van der Waals surface area (Å²) in [6, 6.07) is 12.6. The van der Waals surface area contributed by atoms with Gasteiger partial charge in [-0.2, -0.15) is 5.26 Å². The van der Waals surface area contributed by atoms with E-state index >= 15 is 0 Å². The summed E-state index contributed by atoms with van der Waals surface area (Å²) in [5, 5.41) is 19.7. The molecule has 0 saturated carbocycles. The van der Waals surface area contributed by atoms with Crippen molar-refractivity contribution < 1.29 is 24.2 Å². The Bertz CT molecular complexity index is 1060. The first-order chi connectivity index (χ1) is 14.3.